The van der Waals surface area contributed by atoms with Gasteiger partial charge in [0.15, 0.2) is 0 Å². The second kappa shape index (κ2) is 6.18. The third kappa shape index (κ3) is 3.22. The number of carbonyl (C=O) groups is 1. The van der Waals surface area contributed by atoms with Crippen molar-refractivity contribution < 1.29 is 4.79 Å². The van der Waals surface area contributed by atoms with Crippen LogP contribution in [0.1, 0.15) is 42.2 Å². The van der Waals surface area contributed by atoms with E-state index >= 15 is 0 Å². The lowest BCUT2D eigenvalue weighted by atomic mass is 10.0. The van der Waals surface area contributed by atoms with Gasteiger partial charge in [0.2, 0.25) is 0 Å². The van der Waals surface area contributed by atoms with Crippen molar-refractivity contribution in [1.29, 1.82) is 0 Å². The molecule has 1 aromatic heterocycles. The van der Waals surface area contributed by atoms with Crippen LogP contribution >= 0.6 is 0 Å². The fraction of sp³-hybridized carbons (Fsp3) is 0.333. The highest BCUT2D eigenvalue weighted by atomic mass is 16.1. The maximum Gasteiger partial charge on any atom is 0.254 e. The number of aromatic nitrogens is 2. The first-order valence-corrected chi connectivity index (χ1v) is 6.62. The van der Waals surface area contributed by atoms with Crippen molar-refractivity contribution in [1.82, 2.24) is 15.1 Å². The Morgan fingerprint density at radius 3 is 2.63 bits per heavy atom. The van der Waals surface area contributed by atoms with Crippen LogP contribution in [0.3, 0.4) is 0 Å². The molecular weight excluding hydrogens is 238 g/mol. The van der Waals surface area contributed by atoms with Gasteiger partial charge in [-0.2, -0.15) is 5.10 Å². The number of hydrogen-bond donors (Lipinski definition) is 1. The monoisotopic (exact) mass is 257 g/mol. The molecule has 1 atom stereocenters. The number of nitrogens with zero attached hydrogens (tertiary/aromatic N) is 2. The van der Waals surface area contributed by atoms with Gasteiger partial charge in [-0.05, 0) is 18.9 Å². The minimum atomic E-state index is -0.0737. The Hall–Kier alpha value is -2.10. The molecule has 0 saturated heterocycles. The van der Waals surface area contributed by atoms with Gasteiger partial charge in [-0.3, -0.25) is 9.48 Å². The molecule has 0 fully saturated rings. The highest BCUT2D eigenvalue weighted by molar-refractivity contribution is 5.93. The van der Waals surface area contributed by atoms with Crippen LogP contribution < -0.4 is 5.32 Å². The van der Waals surface area contributed by atoms with E-state index in [4.69, 9.17) is 0 Å². The van der Waals surface area contributed by atoms with E-state index in [-0.39, 0.29) is 11.9 Å². The summed E-state index contributed by atoms with van der Waals surface area (Å²) in [5.41, 5.74) is 1.73. The maximum atomic E-state index is 12.2. The van der Waals surface area contributed by atoms with Gasteiger partial charge in [-0.15, -0.1) is 0 Å². The van der Waals surface area contributed by atoms with E-state index in [1.165, 1.54) is 0 Å². The lowest BCUT2D eigenvalue weighted by Crippen LogP contribution is -2.27. The summed E-state index contributed by atoms with van der Waals surface area (Å²) >= 11 is 0. The molecule has 0 radical (unpaired) electrons. The Balaban J connectivity index is 2.08. The Morgan fingerprint density at radius 2 is 2.05 bits per heavy atom. The van der Waals surface area contributed by atoms with Gasteiger partial charge in [0.25, 0.3) is 5.91 Å². The summed E-state index contributed by atoms with van der Waals surface area (Å²) in [5, 5.41) is 7.16. The van der Waals surface area contributed by atoms with E-state index in [0.717, 1.165) is 18.5 Å². The molecular formula is C15H19N3O. The standard InChI is InChI=1S/C15H19N3O/c1-3-14(12-8-6-5-7-9-12)17-15(19)13-10-16-18(4-2)11-13/h5-11,14H,3-4H2,1-2H3,(H,17,19). The van der Waals surface area contributed by atoms with Crippen LogP contribution in [0.2, 0.25) is 0 Å². The van der Waals surface area contributed by atoms with Gasteiger partial charge in [-0.25, -0.2) is 0 Å². The lowest BCUT2D eigenvalue weighted by molar-refractivity contribution is 0.0935. The smallest absolute Gasteiger partial charge is 0.254 e. The third-order valence-electron chi connectivity index (χ3n) is 3.13. The highest BCUT2D eigenvalue weighted by Gasteiger charge is 2.14. The first-order valence-electron chi connectivity index (χ1n) is 6.62. The van der Waals surface area contributed by atoms with Crippen LogP contribution in [0, 0.1) is 0 Å². The molecule has 4 heteroatoms. The van der Waals surface area contributed by atoms with Crippen molar-refractivity contribution in [2.45, 2.75) is 32.9 Å². The lowest BCUT2D eigenvalue weighted by Gasteiger charge is -2.16. The SMILES string of the molecule is CCC(NC(=O)c1cnn(CC)c1)c1ccccc1. The molecule has 2 rings (SSSR count). The summed E-state index contributed by atoms with van der Waals surface area (Å²) in [7, 11) is 0. The molecule has 100 valence electrons. The van der Waals surface area contributed by atoms with Crippen LogP contribution in [0.5, 0.6) is 0 Å². The Bertz CT molecular complexity index is 533. The maximum absolute atomic E-state index is 12.2. The Morgan fingerprint density at radius 1 is 1.32 bits per heavy atom. The van der Waals surface area contributed by atoms with E-state index in [9.17, 15) is 4.79 Å². The van der Waals surface area contributed by atoms with Gasteiger partial charge in [0.05, 0.1) is 17.8 Å². The van der Waals surface area contributed by atoms with Crippen LogP contribution in [0.4, 0.5) is 0 Å². The molecule has 1 amide bonds. The quantitative estimate of drug-likeness (QED) is 0.895. The van der Waals surface area contributed by atoms with Crippen molar-refractivity contribution in [3.63, 3.8) is 0 Å². The minimum absolute atomic E-state index is 0.0404. The number of aryl methyl sites for hydroxylation is 1. The molecule has 1 N–H and O–H groups in total. The molecule has 0 bridgehead atoms. The zero-order valence-electron chi connectivity index (χ0n) is 11.3. The molecule has 0 aliphatic rings. The molecule has 0 aliphatic heterocycles. The molecule has 4 nitrogen and oxygen atoms in total. The van der Waals surface area contributed by atoms with Crippen molar-refractivity contribution >= 4 is 5.91 Å². The molecule has 0 saturated carbocycles. The third-order valence-corrected chi connectivity index (χ3v) is 3.13. The molecule has 2 aromatic rings. The fourth-order valence-electron chi connectivity index (χ4n) is 2.00. The van der Waals surface area contributed by atoms with Gasteiger partial charge < -0.3 is 5.32 Å². The summed E-state index contributed by atoms with van der Waals surface area (Å²) in [6, 6.07) is 10.1. The minimum Gasteiger partial charge on any atom is -0.345 e. The second-order valence-corrected chi connectivity index (χ2v) is 4.43. The van der Waals surface area contributed by atoms with Crippen molar-refractivity contribution in [3.8, 4) is 0 Å². The summed E-state index contributed by atoms with van der Waals surface area (Å²) in [4.78, 5) is 12.2. The van der Waals surface area contributed by atoms with Crippen LogP contribution in [0.15, 0.2) is 42.7 Å². The zero-order valence-corrected chi connectivity index (χ0v) is 11.3. The molecule has 1 aromatic carbocycles. The van der Waals surface area contributed by atoms with E-state index in [2.05, 4.69) is 17.3 Å². The van der Waals surface area contributed by atoms with Gasteiger partial charge in [0.1, 0.15) is 0 Å². The Kier molecular flexibility index (Phi) is 4.34. The van der Waals surface area contributed by atoms with E-state index in [0.29, 0.717) is 5.56 Å². The number of rotatable bonds is 5. The molecule has 1 heterocycles. The van der Waals surface area contributed by atoms with Gasteiger partial charge >= 0.3 is 0 Å². The molecule has 1 unspecified atom stereocenters. The highest BCUT2D eigenvalue weighted by Crippen LogP contribution is 2.16. The average Bonchev–Trinajstić information content (AvgIpc) is 2.94. The fourth-order valence-corrected chi connectivity index (χ4v) is 2.00. The van der Waals surface area contributed by atoms with E-state index in [1.807, 2.05) is 37.3 Å². The van der Waals surface area contributed by atoms with Crippen LogP contribution in [0.25, 0.3) is 0 Å². The van der Waals surface area contributed by atoms with Gasteiger partial charge in [-0.1, -0.05) is 37.3 Å². The summed E-state index contributed by atoms with van der Waals surface area (Å²) in [6.45, 7) is 4.82. The number of nitrogens with one attached hydrogen (secondary N) is 1. The number of hydrogen-bond acceptors (Lipinski definition) is 2. The zero-order chi connectivity index (χ0) is 13.7. The molecule has 0 aliphatic carbocycles. The number of amides is 1. The van der Waals surface area contributed by atoms with Crippen molar-refractivity contribution in [2.24, 2.45) is 0 Å². The Labute approximate surface area is 113 Å². The van der Waals surface area contributed by atoms with E-state index in [1.54, 1.807) is 17.1 Å². The number of benzene rings is 1. The molecule has 19 heavy (non-hydrogen) atoms. The van der Waals surface area contributed by atoms with E-state index < -0.39 is 0 Å². The summed E-state index contributed by atoms with van der Waals surface area (Å²) in [5.74, 6) is -0.0737. The van der Waals surface area contributed by atoms with Gasteiger partial charge in [0, 0.05) is 12.7 Å². The van der Waals surface area contributed by atoms with Crippen molar-refractivity contribution in [3.05, 3.63) is 53.9 Å². The van der Waals surface area contributed by atoms with Crippen molar-refractivity contribution in [2.75, 3.05) is 0 Å². The van der Waals surface area contributed by atoms with Crippen LogP contribution in [-0.2, 0) is 6.54 Å². The summed E-state index contributed by atoms with van der Waals surface area (Å²) in [6.07, 6.45) is 4.24. The van der Waals surface area contributed by atoms with Crippen LogP contribution in [-0.4, -0.2) is 15.7 Å². The molecule has 0 spiro atoms. The average molecular weight is 257 g/mol. The number of carbonyl (C=O) groups excluding carboxylic acids is 1. The largest absolute Gasteiger partial charge is 0.345 e. The normalized spacial score (nSPS) is 12.1. The predicted molar refractivity (Wildman–Crippen MR) is 74.8 cm³/mol. The first kappa shape index (κ1) is 13.3. The topological polar surface area (TPSA) is 46.9 Å². The predicted octanol–water partition coefficient (Wildman–Crippen LogP) is 2.78. The first-order chi connectivity index (χ1) is 9.24. The second-order valence-electron chi connectivity index (χ2n) is 4.43. The summed E-state index contributed by atoms with van der Waals surface area (Å²) < 4.78 is 1.75.